The molecule has 27 heavy (non-hydrogen) atoms. The maximum atomic E-state index is 13.5. The summed E-state index contributed by atoms with van der Waals surface area (Å²) in [5, 5.41) is 21.1. The van der Waals surface area contributed by atoms with Crippen LogP contribution in [0.4, 0.5) is 24.5 Å². The Balaban J connectivity index is 2.49. The number of phenols is 1. The van der Waals surface area contributed by atoms with Gasteiger partial charge in [-0.15, -0.1) is 0 Å². The van der Waals surface area contributed by atoms with Crippen LogP contribution >= 0.6 is 0 Å². The molecule has 3 N–H and O–H groups in total. The van der Waals surface area contributed by atoms with Crippen LogP contribution < -0.4 is 5.73 Å². The fourth-order valence-electron chi connectivity index (χ4n) is 2.92. The van der Waals surface area contributed by atoms with Crippen molar-refractivity contribution in [2.45, 2.75) is 6.18 Å². The number of nitrogens with zero attached hydrogens (tertiary/aromatic N) is 1. The number of alkyl halides is 3. The summed E-state index contributed by atoms with van der Waals surface area (Å²) in [6, 6.07) is 13.9. The summed E-state index contributed by atoms with van der Waals surface area (Å²) < 4.78 is 40.4. The monoisotopic (exact) mass is 374 g/mol. The first kappa shape index (κ1) is 18.2. The van der Waals surface area contributed by atoms with Crippen LogP contribution in [0.15, 0.2) is 60.7 Å². The van der Waals surface area contributed by atoms with Gasteiger partial charge in [0.05, 0.1) is 10.5 Å². The maximum Gasteiger partial charge on any atom is 0.423 e. The zero-order valence-electron chi connectivity index (χ0n) is 13.7. The smallest absolute Gasteiger partial charge is 0.423 e. The van der Waals surface area contributed by atoms with E-state index in [2.05, 4.69) is 0 Å². The molecule has 0 unspecified atom stereocenters. The first-order valence-corrected chi connectivity index (χ1v) is 7.73. The van der Waals surface area contributed by atoms with Crippen molar-refractivity contribution in [2.24, 2.45) is 0 Å². The Morgan fingerprint density at radius 2 is 1.48 bits per heavy atom. The van der Waals surface area contributed by atoms with Gasteiger partial charge in [0.15, 0.2) is 0 Å². The summed E-state index contributed by atoms with van der Waals surface area (Å²) in [6.45, 7) is 0. The lowest BCUT2D eigenvalue weighted by molar-refractivity contribution is -0.387. The second-order valence-electron chi connectivity index (χ2n) is 5.78. The quantitative estimate of drug-likeness (QED) is 0.373. The molecule has 5 nitrogen and oxygen atoms in total. The van der Waals surface area contributed by atoms with Gasteiger partial charge in [-0.3, -0.25) is 10.1 Å². The van der Waals surface area contributed by atoms with Crippen LogP contribution in [0.1, 0.15) is 5.56 Å². The van der Waals surface area contributed by atoms with E-state index >= 15 is 0 Å². The number of halogens is 3. The largest absolute Gasteiger partial charge is 0.508 e. The molecule has 0 atom stereocenters. The zero-order valence-corrected chi connectivity index (χ0v) is 13.7. The number of hydrogen-bond donors (Lipinski definition) is 2. The molecule has 0 heterocycles. The highest BCUT2D eigenvalue weighted by molar-refractivity contribution is 5.97. The molecule has 0 amide bonds. The van der Waals surface area contributed by atoms with E-state index < -0.39 is 22.4 Å². The molecular weight excluding hydrogens is 361 g/mol. The van der Waals surface area contributed by atoms with Crippen molar-refractivity contribution in [3.05, 3.63) is 76.3 Å². The second kappa shape index (κ2) is 6.64. The average molecular weight is 374 g/mol. The molecule has 8 heteroatoms. The first-order chi connectivity index (χ1) is 12.7. The van der Waals surface area contributed by atoms with Crippen molar-refractivity contribution < 1.29 is 23.2 Å². The highest BCUT2D eigenvalue weighted by atomic mass is 19.4. The van der Waals surface area contributed by atoms with Crippen molar-refractivity contribution in [2.75, 3.05) is 5.73 Å². The molecule has 138 valence electrons. The van der Waals surface area contributed by atoms with Crippen LogP contribution in [0.2, 0.25) is 0 Å². The van der Waals surface area contributed by atoms with Gasteiger partial charge in [0, 0.05) is 11.3 Å². The Labute approximate surface area is 151 Å². The predicted octanol–water partition coefficient (Wildman–Crippen LogP) is 5.24. The molecule has 0 aliphatic rings. The fourth-order valence-corrected chi connectivity index (χ4v) is 2.92. The molecule has 0 saturated heterocycles. The van der Waals surface area contributed by atoms with Gasteiger partial charge in [-0.25, -0.2) is 0 Å². The number of hydrogen-bond acceptors (Lipinski definition) is 4. The highest BCUT2D eigenvalue weighted by Gasteiger charge is 2.42. The topological polar surface area (TPSA) is 89.4 Å². The van der Waals surface area contributed by atoms with Crippen LogP contribution in [-0.4, -0.2) is 10.0 Å². The minimum atomic E-state index is -4.96. The lowest BCUT2D eigenvalue weighted by Crippen LogP contribution is -2.12. The van der Waals surface area contributed by atoms with E-state index in [1.165, 1.54) is 24.3 Å². The molecule has 0 aliphatic heterocycles. The van der Waals surface area contributed by atoms with E-state index in [9.17, 15) is 28.4 Å². The Morgan fingerprint density at radius 3 is 2.00 bits per heavy atom. The molecule has 0 saturated carbocycles. The van der Waals surface area contributed by atoms with E-state index in [1.807, 2.05) is 0 Å². The number of nitrogen functional groups attached to an aromatic ring is 1. The van der Waals surface area contributed by atoms with Crippen LogP contribution in [-0.2, 0) is 6.18 Å². The van der Waals surface area contributed by atoms with Crippen LogP contribution in [0.25, 0.3) is 22.3 Å². The minimum Gasteiger partial charge on any atom is -0.508 e. The normalized spacial score (nSPS) is 11.4. The first-order valence-electron chi connectivity index (χ1n) is 7.73. The van der Waals surface area contributed by atoms with Gasteiger partial charge in [-0.05, 0) is 29.3 Å². The standard InChI is InChI=1S/C19H13F3N2O3/c20-19(21,22)14-10-15(23)16(11-4-2-1-3-5-11)17(18(14)24(26)27)12-6-8-13(25)9-7-12/h1-10,25H,23H2. The van der Waals surface area contributed by atoms with Gasteiger partial charge in [-0.1, -0.05) is 42.5 Å². The van der Waals surface area contributed by atoms with E-state index in [4.69, 9.17) is 5.73 Å². The van der Waals surface area contributed by atoms with E-state index in [0.29, 0.717) is 11.6 Å². The molecule has 0 spiro atoms. The zero-order chi connectivity index (χ0) is 19.8. The third-order valence-corrected chi connectivity index (χ3v) is 4.04. The van der Waals surface area contributed by atoms with Crippen molar-refractivity contribution in [3.8, 4) is 28.0 Å². The number of aromatic hydroxyl groups is 1. The number of nitro benzene ring substituents is 1. The summed E-state index contributed by atoms with van der Waals surface area (Å²) in [6.07, 6.45) is -4.96. The van der Waals surface area contributed by atoms with Crippen molar-refractivity contribution in [1.82, 2.24) is 0 Å². The van der Waals surface area contributed by atoms with Crippen LogP contribution in [0.5, 0.6) is 5.75 Å². The van der Waals surface area contributed by atoms with Crippen LogP contribution in [0.3, 0.4) is 0 Å². The molecule has 0 aromatic heterocycles. The minimum absolute atomic E-state index is 0.123. The van der Waals surface area contributed by atoms with E-state index in [0.717, 1.165) is 0 Å². The third kappa shape index (κ3) is 3.41. The Morgan fingerprint density at radius 1 is 0.926 bits per heavy atom. The molecule has 0 fully saturated rings. The summed E-state index contributed by atoms with van der Waals surface area (Å²) in [7, 11) is 0. The fraction of sp³-hybridized carbons (Fsp3) is 0.0526. The lowest BCUT2D eigenvalue weighted by Gasteiger charge is -2.18. The lowest BCUT2D eigenvalue weighted by atomic mass is 9.89. The Hall–Kier alpha value is -3.55. The molecule has 3 aromatic carbocycles. The van der Waals surface area contributed by atoms with Crippen molar-refractivity contribution in [1.29, 1.82) is 0 Å². The van der Waals surface area contributed by atoms with Crippen LogP contribution in [0, 0.1) is 10.1 Å². The molecule has 0 radical (unpaired) electrons. The van der Waals surface area contributed by atoms with Gasteiger partial charge in [0.1, 0.15) is 11.3 Å². The Bertz CT molecular complexity index is 1000. The average Bonchev–Trinajstić information content (AvgIpc) is 2.61. The van der Waals surface area contributed by atoms with Gasteiger partial charge in [-0.2, -0.15) is 13.2 Å². The third-order valence-electron chi connectivity index (χ3n) is 4.04. The van der Waals surface area contributed by atoms with Gasteiger partial charge in [0.2, 0.25) is 0 Å². The van der Waals surface area contributed by atoms with E-state index in [1.54, 1.807) is 30.3 Å². The number of rotatable bonds is 3. The SMILES string of the molecule is Nc1cc(C(F)(F)F)c([N+](=O)[O-])c(-c2ccc(O)cc2)c1-c1ccccc1. The number of phenolic OH excluding ortho intramolecular Hbond substituents is 1. The number of benzene rings is 3. The Kier molecular flexibility index (Phi) is 4.49. The highest BCUT2D eigenvalue weighted by Crippen LogP contribution is 2.49. The molecule has 0 aliphatic carbocycles. The molecule has 3 aromatic rings. The van der Waals surface area contributed by atoms with Gasteiger partial charge < -0.3 is 10.8 Å². The second-order valence-corrected chi connectivity index (χ2v) is 5.78. The van der Waals surface area contributed by atoms with Crippen molar-refractivity contribution >= 4 is 11.4 Å². The number of nitro groups is 1. The molecular formula is C19H13F3N2O3. The maximum absolute atomic E-state index is 13.5. The summed E-state index contributed by atoms with van der Waals surface area (Å²) >= 11 is 0. The summed E-state index contributed by atoms with van der Waals surface area (Å²) in [4.78, 5) is 10.6. The predicted molar refractivity (Wildman–Crippen MR) is 95.0 cm³/mol. The number of anilines is 1. The summed E-state index contributed by atoms with van der Waals surface area (Å²) in [5.41, 5.74) is 3.63. The van der Waals surface area contributed by atoms with Gasteiger partial charge in [0.25, 0.3) is 5.69 Å². The molecule has 3 rings (SSSR count). The molecule has 0 bridgehead atoms. The van der Waals surface area contributed by atoms with E-state index in [-0.39, 0.29) is 28.1 Å². The van der Waals surface area contributed by atoms with Gasteiger partial charge >= 0.3 is 6.18 Å². The number of nitrogens with two attached hydrogens (primary N) is 1. The summed E-state index contributed by atoms with van der Waals surface area (Å²) in [5.74, 6) is -0.123. The van der Waals surface area contributed by atoms with Crippen molar-refractivity contribution in [3.63, 3.8) is 0 Å².